The van der Waals surface area contributed by atoms with Gasteiger partial charge in [-0.2, -0.15) is 0 Å². The summed E-state index contributed by atoms with van der Waals surface area (Å²) in [6.07, 6.45) is 0. The summed E-state index contributed by atoms with van der Waals surface area (Å²) in [5.74, 6) is 0.955. The van der Waals surface area contributed by atoms with Crippen LogP contribution in [-0.4, -0.2) is 6.61 Å². The van der Waals surface area contributed by atoms with E-state index in [-0.39, 0.29) is 0 Å². The molecule has 0 atom stereocenters. The SMILES string of the molecule is CCOc1ccc(Br)cc1I. The molecule has 0 amide bonds. The lowest BCUT2D eigenvalue weighted by Crippen LogP contribution is -1.93. The fourth-order valence-electron chi connectivity index (χ4n) is 0.748. The highest BCUT2D eigenvalue weighted by molar-refractivity contribution is 14.1. The Labute approximate surface area is 88.4 Å². The van der Waals surface area contributed by atoms with Crippen molar-refractivity contribution in [1.29, 1.82) is 0 Å². The first-order chi connectivity index (χ1) is 5.24. The van der Waals surface area contributed by atoms with E-state index in [1.165, 1.54) is 0 Å². The molecule has 0 aromatic heterocycles. The Morgan fingerprint density at radius 1 is 1.55 bits per heavy atom. The van der Waals surface area contributed by atoms with E-state index < -0.39 is 0 Å². The van der Waals surface area contributed by atoms with E-state index >= 15 is 0 Å². The smallest absolute Gasteiger partial charge is 0.132 e. The Hall–Kier alpha value is 0.230. The van der Waals surface area contributed by atoms with Gasteiger partial charge in [0.2, 0.25) is 0 Å². The number of hydrogen-bond donors (Lipinski definition) is 0. The molecule has 0 fully saturated rings. The molecule has 0 bridgehead atoms. The zero-order valence-electron chi connectivity index (χ0n) is 6.10. The highest BCUT2D eigenvalue weighted by Gasteiger charge is 1.98. The Balaban J connectivity index is 2.90. The summed E-state index contributed by atoms with van der Waals surface area (Å²) in [4.78, 5) is 0. The molecule has 1 aromatic carbocycles. The largest absolute Gasteiger partial charge is 0.493 e. The fraction of sp³-hybridized carbons (Fsp3) is 0.250. The van der Waals surface area contributed by atoms with E-state index in [0.717, 1.165) is 20.4 Å². The van der Waals surface area contributed by atoms with Crippen LogP contribution in [0.2, 0.25) is 0 Å². The highest BCUT2D eigenvalue weighted by Crippen LogP contribution is 2.24. The summed E-state index contributed by atoms with van der Waals surface area (Å²) in [7, 11) is 0. The van der Waals surface area contributed by atoms with Crippen molar-refractivity contribution in [3.05, 3.63) is 26.2 Å². The standard InChI is InChI=1S/C8H8BrIO/c1-2-11-8-4-3-6(9)5-7(8)10/h3-5H,2H2,1H3. The van der Waals surface area contributed by atoms with E-state index in [4.69, 9.17) is 4.74 Å². The maximum atomic E-state index is 5.36. The monoisotopic (exact) mass is 326 g/mol. The van der Waals surface area contributed by atoms with Crippen molar-refractivity contribution in [2.75, 3.05) is 6.61 Å². The molecule has 0 saturated heterocycles. The van der Waals surface area contributed by atoms with Gasteiger partial charge in [-0.25, -0.2) is 0 Å². The summed E-state index contributed by atoms with van der Waals surface area (Å²) >= 11 is 5.64. The van der Waals surface area contributed by atoms with Gasteiger partial charge in [0.25, 0.3) is 0 Å². The molecule has 1 rings (SSSR count). The molecule has 0 spiro atoms. The molecule has 1 aromatic rings. The first-order valence-corrected chi connectivity index (χ1v) is 5.19. The van der Waals surface area contributed by atoms with Crippen LogP contribution in [0.25, 0.3) is 0 Å². The van der Waals surface area contributed by atoms with Crippen LogP contribution in [0, 0.1) is 3.57 Å². The molecule has 0 N–H and O–H groups in total. The zero-order chi connectivity index (χ0) is 8.27. The maximum Gasteiger partial charge on any atom is 0.132 e. The van der Waals surface area contributed by atoms with Crippen molar-refractivity contribution >= 4 is 38.5 Å². The molecule has 0 saturated carbocycles. The van der Waals surface area contributed by atoms with Gasteiger partial charge in [0.15, 0.2) is 0 Å². The van der Waals surface area contributed by atoms with Gasteiger partial charge in [-0.1, -0.05) is 15.9 Å². The Morgan fingerprint density at radius 3 is 2.82 bits per heavy atom. The van der Waals surface area contributed by atoms with Gasteiger partial charge in [-0.3, -0.25) is 0 Å². The van der Waals surface area contributed by atoms with Crippen LogP contribution in [0.4, 0.5) is 0 Å². The second-order valence-electron chi connectivity index (χ2n) is 2.01. The molecule has 60 valence electrons. The average Bonchev–Trinajstić information content (AvgIpc) is 1.95. The van der Waals surface area contributed by atoms with Gasteiger partial charge in [-0.05, 0) is 47.7 Å². The number of halogens is 2. The van der Waals surface area contributed by atoms with Gasteiger partial charge in [0, 0.05) is 4.47 Å². The third-order valence-electron chi connectivity index (χ3n) is 1.19. The minimum Gasteiger partial charge on any atom is -0.493 e. The molecule has 11 heavy (non-hydrogen) atoms. The summed E-state index contributed by atoms with van der Waals surface area (Å²) in [6.45, 7) is 2.70. The van der Waals surface area contributed by atoms with Crippen molar-refractivity contribution < 1.29 is 4.74 Å². The lowest BCUT2D eigenvalue weighted by Gasteiger charge is -2.04. The molecule has 0 unspecified atom stereocenters. The Morgan fingerprint density at radius 2 is 2.27 bits per heavy atom. The lowest BCUT2D eigenvalue weighted by atomic mass is 10.3. The lowest BCUT2D eigenvalue weighted by molar-refractivity contribution is 0.338. The number of hydrogen-bond acceptors (Lipinski definition) is 1. The van der Waals surface area contributed by atoms with E-state index in [2.05, 4.69) is 38.5 Å². The molecular formula is C8H8BrIO. The minimum absolute atomic E-state index is 0.720. The molecule has 3 heteroatoms. The third kappa shape index (κ3) is 2.63. The van der Waals surface area contributed by atoms with E-state index in [1.807, 2.05) is 25.1 Å². The van der Waals surface area contributed by atoms with Gasteiger partial charge in [0.05, 0.1) is 10.2 Å². The summed E-state index contributed by atoms with van der Waals surface area (Å²) in [6, 6.07) is 5.98. The summed E-state index contributed by atoms with van der Waals surface area (Å²) < 4.78 is 7.59. The van der Waals surface area contributed by atoms with Crippen LogP contribution in [0.1, 0.15) is 6.92 Å². The van der Waals surface area contributed by atoms with Gasteiger partial charge in [-0.15, -0.1) is 0 Å². The molecule has 0 aliphatic rings. The summed E-state index contributed by atoms with van der Waals surface area (Å²) in [5.41, 5.74) is 0. The number of rotatable bonds is 2. The predicted molar refractivity (Wildman–Crippen MR) is 58.0 cm³/mol. The first kappa shape index (κ1) is 9.32. The Kier molecular flexibility index (Phi) is 3.65. The number of ether oxygens (including phenoxy) is 1. The van der Waals surface area contributed by atoms with Crippen LogP contribution in [0.5, 0.6) is 5.75 Å². The number of benzene rings is 1. The van der Waals surface area contributed by atoms with Crippen molar-refractivity contribution in [3.8, 4) is 5.75 Å². The van der Waals surface area contributed by atoms with E-state index in [9.17, 15) is 0 Å². The van der Waals surface area contributed by atoms with E-state index in [1.54, 1.807) is 0 Å². The molecular weight excluding hydrogens is 319 g/mol. The van der Waals surface area contributed by atoms with E-state index in [0.29, 0.717) is 0 Å². The molecule has 0 heterocycles. The van der Waals surface area contributed by atoms with Gasteiger partial charge >= 0.3 is 0 Å². The fourth-order valence-corrected chi connectivity index (χ4v) is 2.21. The third-order valence-corrected chi connectivity index (χ3v) is 2.53. The highest BCUT2D eigenvalue weighted by atomic mass is 127. The second-order valence-corrected chi connectivity index (χ2v) is 4.09. The zero-order valence-corrected chi connectivity index (χ0v) is 9.85. The van der Waals surface area contributed by atoms with Crippen molar-refractivity contribution in [3.63, 3.8) is 0 Å². The van der Waals surface area contributed by atoms with Crippen molar-refractivity contribution in [2.24, 2.45) is 0 Å². The molecule has 0 aliphatic heterocycles. The van der Waals surface area contributed by atoms with Gasteiger partial charge < -0.3 is 4.74 Å². The topological polar surface area (TPSA) is 9.23 Å². The molecule has 1 nitrogen and oxygen atoms in total. The Bertz CT molecular complexity index is 250. The maximum absolute atomic E-state index is 5.36. The van der Waals surface area contributed by atoms with Crippen LogP contribution in [0.15, 0.2) is 22.7 Å². The summed E-state index contributed by atoms with van der Waals surface area (Å²) in [5, 5.41) is 0. The van der Waals surface area contributed by atoms with Gasteiger partial charge in [0.1, 0.15) is 5.75 Å². The van der Waals surface area contributed by atoms with Crippen LogP contribution in [0.3, 0.4) is 0 Å². The van der Waals surface area contributed by atoms with Crippen molar-refractivity contribution in [1.82, 2.24) is 0 Å². The van der Waals surface area contributed by atoms with Crippen LogP contribution >= 0.6 is 38.5 Å². The molecule has 0 radical (unpaired) electrons. The quantitative estimate of drug-likeness (QED) is 0.756. The normalized spacial score (nSPS) is 9.73. The van der Waals surface area contributed by atoms with Crippen LogP contribution in [-0.2, 0) is 0 Å². The molecule has 0 aliphatic carbocycles. The second kappa shape index (κ2) is 4.30. The first-order valence-electron chi connectivity index (χ1n) is 3.32. The van der Waals surface area contributed by atoms with Crippen LogP contribution < -0.4 is 4.74 Å². The minimum atomic E-state index is 0.720. The van der Waals surface area contributed by atoms with Crippen molar-refractivity contribution in [2.45, 2.75) is 6.92 Å². The average molecular weight is 327 g/mol. The predicted octanol–water partition coefficient (Wildman–Crippen LogP) is 3.45.